The zero-order valence-corrected chi connectivity index (χ0v) is 19.5. The van der Waals surface area contributed by atoms with Gasteiger partial charge in [0.2, 0.25) is 0 Å². The minimum atomic E-state index is -0.431. The lowest BCUT2D eigenvalue weighted by molar-refractivity contribution is 0.172. The molecule has 3 aromatic carbocycles. The van der Waals surface area contributed by atoms with E-state index >= 15 is 0 Å². The SMILES string of the molecule is COc1ccc(CN(Cc2cc3cc4c(cc3[nH]c2=O)OCCO4)C(=O)Nc2ccc(F)cc2)cc1. The van der Waals surface area contributed by atoms with Gasteiger partial charge in [0.1, 0.15) is 24.8 Å². The summed E-state index contributed by atoms with van der Waals surface area (Å²) in [5.74, 6) is 1.48. The van der Waals surface area contributed by atoms with Gasteiger partial charge in [-0.05, 0) is 54.1 Å². The Labute approximate surface area is 206 Å². The van der Waals surface area contributed by atoms with E-state index in [2.05, 4.69) is 10.3 Å². The van der Waals surface area contributed by atoms with E-state index in [0.29, 0.717) is 47.2 Å². The molecule has 0 bridgehead atoms. The Morgan fingerprint density at radius 2 is 1.69 bits per heavy atom. The fraction of sp³-hybridized carbons (Fsp3) is 0.185. The van der Waals surface area contributed by atoms with Crippen LogP contribution in [0.2, 0.25) is 0 Å². The van der Waals surface area contributed by atoms with Crippen LogP contribution in [-0.2, 0) is 13.1 Å². The minimum Gasteiger partial charge on any atom is -0.497 e. The van der Waals surface area contributed by atoms with Crippen molar-refractivity contribution in [2.24, 2.45) is 0 Å². The van der Waals surface area contributed by atoms with E-state index < -0.39 is 11.8 Å². The summed E-state index contributed by atoms with van der Waals surface area (Å²) >= 11 is 0. The maximum atomic E-state index is 13.3. The number of anilines is 1. The van der Waals surface area contributed by atoms with E-state index in [1.165, 1.54) is 29.2 Å². The molecule has 2 N–H and O–H groups in total. The van der Waals surface area contributed by atoms with Crippen LogP contribution in [0.15, 0.2) is 71.5 Å². The number of urea groups is 1. The maximum absolute atomic E-state index is 13.3. The largest absolute Gasteiger partial charge is 0.497 e. The number of benzene rings is 3. The van der Waals surface area contributed by atoms with E-state index in [0.717, 1.165) is 10.9 Å². The Hall–Kier alpha value is -4.53. The van der Waals surface area contributed by atoms with Gasteiger partial charge in [-0.2, -0.15) is 0 Å². The Morgan fingerprint density at radius 1 is 1.00 bits per heavy atom. The van der Waals surface area contributed by atoms with Crippen molar-refractivity contribution in [3.05, 3.63) is 94.0 Å². The van der Waals surface area contributed by atoms with Crippen LogP contribution in [0, 0.1) is 5.82 Å². The molecule has 4 aromatic rings. The molecule has 184 valence electrons. The zero-order chi connectivity index (χ0) is 25.1. The highest BCUT2D eigenvalue weighted by atomic mass is 19.1. The van der Waals surface area contributed by atoms with Gasteiger partial charge in [0.25, 0.3) is 5.56 Å². The average Bonchev–Trinajstić information content (AvgIpc) is 2.89. The van der Waals surface area contributed by atoms with Gasteiger partial charge in [0.05, 0.1) is 19.2 Å². The lowest BCUT2D eigenvalue weighted by Gasteiger charge is -2.24. The number of hydrogen-bond acceptors (Lipinski definition) is 5. The van der Waals surface area contributed by atoms with E-state index in [9.17, 15) is 14.0 Å². The monoisotopic (exact) mass is 489 g/mol. The molecule has 1 aliphatic rings. The summed E-state index contributed by atoms with van der Waals surface area (Å²) in [6.07, 6.45) is 0. The number of aromatic nitrogens is 1. The third-order valence-corrected chi connectivity index (χ3v) is 5.86. The zero-order valence-electron chi connectivity index (χ0n) is 19.5. The average molecular weight is 490 g/mol. The quantitative estimate of drug-likeness (QED) is 0.410. The van der Waals surface area contributed by atoms with Gasteiger partial charge >= 0.3 is 6.03 Å². The van der Waals surface area contributed by atoms with Crippen LogP contribution in [0.1, 0.15) is 11.1 Å². The molecule has 2 amide bonds. The number of ether oxygens (including phenoxy) is 3. The molecule has 0 unspecified atom stereocenters. The molecule has 9 heteroatoms. The Bertz CT molecular complexity index is 1450. The highest BCUT2D eigenvalue weighted by Crippen LogP contribution is 2.33. The van der Waals surface area contributed by atoms with E-state index in [1.807, 2.05) is 18.2 Å². The van der Waals surface area contributed by atoms with Crippen LogP contribution < -0.4 is 25.1 Å². The summed E-state index contributed by atoms with van der Waals surface area (Å²) in [5, 5.41) is 3.54. The van der Waals surface area contributed by atoms with Crippen LogP contribution in [0.3, 0.4) is 0 Å². The maximum Gasteiger partial charge on any atom is 0.322 e. The van der Waals surface area contributed by atoms with Crippen molar-refractivity contribution in [2.75, 3.05) is 25.6 Å². The molecule has 5 rings (SSSR count). The molecule has 1 aliphatic heterocycles. The number of nitrogens with zero attached hydrogens (tertiary/aromatic N) is 1. The molecule has 1 aromatic heterocycles. The lowest BCUT2D eigenvalue weighted by atomic mass is 10.1. The van der Waals surface area contributed by atoms with Gasteiger partial charge in [0.15, 0.2) is 11.5 Å². The van der Waals surface area contributed by atoms with Crippen LogP contribution in [-0.4, -0.2) is 36.2 Å². The third-order valence-electron chi connectivity index (χ3n) is 5.86. The summed E-state index contributed by atoms with van der Waals surface area (Å²) < 4.78 is 29.8. The molecule has 0 fully saturated rings. The van der Waals surface area contributed by atoms with Crippen molar-refractivity contribution >= 4 is 22.6 Å². The van der Waals surface area contributed by atoms with Crippen molar-refractivity contribution in [3.8, 4) is 17.2 Å². The number of fused-ring (bicyclic) bond motifs is 2. The first kappa shape index (κ1) is 23.2. The third kappa shape index (κ3) is 5.10. The second-order valence-corrected chi connectivity index (χ2v) is 8.35. The second kappa shape index (κ2) is 9.99. The number of pyridine rings is 1. The number of amides is 2. The number of nitrogens with one attached hydrogen (secondary N) is 2. The number of methoxy groups -OCH3 is 1. The molecule has 36 heavy (non-hydrogen) atoms. The molecule has 0 radical (unpaired) electrons. The molecule has 0 saturated carbocycles. The van der Waals surface area contributed by atoms with Crippen molar-refractivity contribution in [1.82, 2.24) is 9.88 Å². The molecule has 0 spiro atoms. The first-order valence-corrected chi connectivity index (χ1v) is 11.4. The summed E-state index contributed by atoms with van der Waals surface area (Å²) in [5.41, 5.74) is 2.00. The minimum absolute atomic E-state index is 0.0404. The highest BCUT2D eigenvalue weighted by Gasteiger charge is 2.19. The van der Waals surface area contributed by atoms with E-state index in [4.69, 9.17) is 14.2 Å². The standard InChI is InChI=1S/C27H24FN3O5/c1-34-22-8-2-17(3-9-22)15-31(27(33)29-21-6-4-20(28)5-7-21)16-19-12-18-13-24-25(36-11-10-35-24)14-23(18)30-26(19)32/h2-9,12-14H,10-11,15-16H2,1H3,(H,29,33)(H,30,32). The van der Waals surface area contributed by atoms with Gasteiger partial charge in [-0.25, -0.2) is 9.18 Å². The van der Waals surface area contributed by atoms with E-state index in [1.54, 1.807) is 31.4 Å². The normalized spacial score (nSPS) is 12.3. The molecular weight excluding hydrogens is 465 g/mol. The summed E-state index contributed by atoms with van der Waals surface area (Å²) in [6.45, 7) is 1.17. The van der Waals surface area contributed by atoms with Crippen LogP contribution >= 0.6 is 0 Å². The highest BCUT2D eigenvalue weighted by molar-refractivity contribution is 5.89. The first-order valence-electron chi connectivity index (χ1n) is 11.4. The van der Waals surface area contributed by atoms with Crippen LogP contribution in [0.25, 0.3) is 10.9 Å². The van der Waals surface area contributed by atoms with Crippen LogP contribution in [0.4, 0.5) is 14.9 Å². The molecular formula is C27H24FN3O5. The van der Waals surface area contributed by atoms with Crippen molar-refractivity contribution in [3.63, 3.8) is 0 Å². The summed E-state index contributed by atoms with van der Waals surface area (Å²) in [4.78, 5) is 30.6. The number of halogens is 1. The number of carbonyl (C=O) groups excluding carboxylic acids is 1. The van der Waals surface area contributed by atoms with Gasteiger partial charge in [-0.15, -0.1) is 0 Å². The summed E-state index contributed by atoms with van der Waals surface area (Å²) in [6, 6.07) is 17.7. The van der Waals surface area contributed by atoms with Crippen molar-refractivity contribution < 1.29 is 23.4 Å². The smallest absolute Gasteiger partial charge is 0.322 e. The van der Waals surface area contributed by atoms with Gasteiger partial charge < -0.3 is 29.4 Å². The van der Waals surface area contributed by atoms with Crippen molar-refractivity contribution in [1.29, 1.82) is 0 Å². The topological polar surface area (TPSA) is 92.9 Å². The number of aromatic amines is 1. The second-order valence-electron chi connectivity index (χ2n) is 8.35. The molecule has 8 nitrogen and oxygen atoms in total. The number of carbonyl (C=O) groups is 1. The fourth-order valence-electron chi connectivity index (χ4n) is 4.00. The lowest BCUT2D eigenvalue weighted by Crippen LogP contribution is -2.35. The first-order chi connectivity index (χ1) is 17.5. The predicted octanol–water partition coefficient (Wildman–Crippen LogP) is 4.68. The molecule has 0 aliphatic carbocycles. The van der Waals surface area contributed by atoms with E-state index in [-0.39, 0.29) is 18.6 Å². The molecule has 2 heterocycles. The summed E-state index contributed by atoms with van der Waals surface area (Å²) in [7, 11) is 1.58. The molecule has 0 atom stereocenters. The van der Waals surface area contributed by atoms with Gasteiger partial charge in [-0.3, -0.25) is 4.79 Å². The van der Waals surface area contributed by atoms with Crippen LogP contribution in [0.5, 0.6) is 17.2 Å². The Balaban J connectivity index is 1.45. The predicted molar refractivity (Wildman–Crippen MR) is 133 cm³/mol. The van der Waals surface area contributed by atoms with Gasteiger partial charge in [0, 0.05) is 29.2 Å². The van der Waals surface area contributed by atoms with Crippen molar-refractivity contribution in [2.45, 2.75) is 13.1 Å². The number of rotatable bonds is 6. The number of hydrogen-bond donors (Lipinski definition) is 2. The Morgan fingerprint density at radius 3 is 2.39 bits per heavy atom. The Kier molecular flexibility index (Phi) is 6.44. The fourth-order valence-corrected chi connectivity index (χ4v) is 4.00. The van der Waals surface area contributed by atoms with Gasteiger partial charge in [-0.1, -0.05) is 12.1 Å². The molecule has 0 saturated heterocycles. The number of H-pyrrole nitrogens is 1.